The molecule has 2 amide bonds. The SMILES string of the molecule is CC1CC(C(=O)O)CN(C(=O)NCc2ncn(-c3ccccc3)n2)C1. The zero-order valence-corrected chi connectivity index (χ0v) is 14.0. The molecule has 0 aliphatic carbocycles. The Balaban J connectivity index is 1.57. The summed E-state index contributed by atoms with van der Waals surface area (Å²) in [6, 6.07) is 9.29. The normalized spacial score (nSPS) is 20.3. The molecule has 2 heterocycles. The average molecular weight is 343 g/mol. The molecule has 8 nitrogen and oxygen atoms in total. The minimum atomic E-state index is -0.854. The maximum absolute atomic E-state index is 12.3. The van der Waals surface area contributed by atoms with Crippen LogP contribution < -0.4 is 5.32 Å². The van der Waals surface area contributed by atoms with Crippen LogP contribution in [0.3, 0.4) is 0 Å². The fourth-order valence-electron chi connectivity index (χ4n) is 3.05. The van der Waals surface area contributed by atoms with Crippen LogP contribution in [-0.2, 0) is 11.3 Å². The van der Waals surface area contributed by atoms with Gasteiger partial charge in [0.05, 0.1) is 18.2 Å². The number of likely N-dealkylation sites (tertiary alicyclic amines) is 1. The van der Waals surface area contributed by atoms with Crippen LogP contribution in [0, 0.1) is 11.8 Å². The minimum absolute atomic E-state index is 0.163. The Morgan fingerprint density at radius 1 is 1.28 bits per heavy atom. The van der Waals surface area contributed by atoms with Gasteiger partial charge in [0, 0.05) is 13.1 Å². The quantitative estimate of drug-likeness (QED) is 0.877. The van der Waals surface area contributed by atoms with E-state index in [1.54, 1.807) is 15.9 Å². The number of piperidine rings is 1. The van der Waals surface area contributed by atoms with Gasteiger partial charge in [-0.2, -0.15) is 0 Å². The molecule has 2 atom stereocenters. The highest BCUT2D eigenvalue weighted by molar-refractivity contribution is 5.76. The van der Waals surface area contributed by atoms with Gasteiger partial charge in [0.2, 0.25) is 0 Å². The van der Waals surface area contributed by atoms with Gasteiger partial charge in [-0.05, 0) is 24.5 Å². The molecule has 3 rings (SSSR count). The van der Waals surface area contributed by atoms with E-state index in [2.05, 4.69) is 15.4 Å². The second kappa shape index (κ2) is 7.33. The third kappa shape index (κ3) is 4.14. The summed E-state index contributed by atoms with van der Waals surface area (Å²) in [5, 5.41) is 16.3. The summed E-state index contributed by atoms with van der Waals surface area (Å²) in [4.78, 5) is 29.3. The number of aliphatic carboxylic acids is 1. The first-order valence-corrected chi connectivity index (χ1v) is 8.24. The number of carboxylic acids is 1. The Bertz CT molecular complexity index is 746. The number of carboxylic acid groups (broad SMARTS) is 1. The first-order valence-electron chi connectivity index (χ1n) is 8.24. The first-order chi connectivity index (χ1) is 12.0. The Morgan fingerprint density at radius 3 is 2.76 bits per heavy atom. The van der Waals surface area contributed by atoms with Crippen LogP contribution >= 0.6 is 0 Å². The number of hydrogen-bond acceptors (Lipinski definition) is 4. The Morgan fingerprint density at radius 2 is 2.04 bits per heavy atom. The zero-order chi connectivity index (χ0) is 17.8. The highest BCUT2D eigenvalue weighted by Gasteiger charge is 2.31. The molecule has 1 saturated heterocycles. The van der Waals surface area contributed by atoms with Gasteiger partial charge in [-0.25, -0.2) is 14.5 Å². The number of carbonyl (C=O) groups excluding carboxylic acids is 1. The second-order valence-electron chi connectivity index (χ2n) is 6.38. The van der Waals surface area contributed by atoms with Crippen molar-refractivity contribution < 1.29 is 14.7 Å². The Kier molecular flexibility index (Phi) is 4.97. The van der Waals surface area contributed by atoms with E-state index >= 15 is 0 Å². The van der Waals surface area contributed by atoms with Crippen molar-refractivity contribution in [1.29, 1.82) is 0 Å². The number of rotatable bonds is 4. The number of amides is 2. The topological polar surface area (TPSA) is 100 Å². The lowest BCUT2D eigenvalue weighted by atomic mass is 9.91. The van der Waals surface area contributed by atoms with E-state index in [0.717, 1.165) is 5.69 Å². The van der Waals surface area contributed by atoms with Crippen LogP contribution in [0.2, 0.25) is 0 Å². The monoisotopic (exact) mass is 343 g/mol. The molecule has 132 valence electrons. The molecule has 1 aliphatic heterocycles. The maximum atomic E-state index is 12.3. The summed E-state index contributed by atoms with van der Waals surface area (Å²) < 4.78 is 1.64. The molecule has 1 aliphatic rings. The molecule has 1 aromatic heterocycles. The summed E-state index contributed by atoms with van der Waals surface area (Å²) in [7, 11) is 0. The standard InChI is InChI=1S/C17H21N5O3/c1-12-7-13(16(23)24)10-21(9-12)17(25)18-8-15-19-11-22(20-15)14-5-3-2-4-6-14/h2-6,11-13H,7-10H2,1H3,(H,18,25)(H,23,24). The van der Waals surface area contributed by atoms with Gasteiger partial charge in [0.25, 0.3) is 0 Å². The van der Waals surface area contributed by atoms with Gasteiger partial charge in [-0.1, -0.05) is 25.1 Å². The van der Waals surface area contributed by atoms with E-state index < -0.39 is 11.9 Å². The molecule has 0 saturated carbocycles. The van der Waals surface area contributed by atoms with Crippen molar-refractivity contribution in [2.45, 2.75) is 19.9 Å². The fourth-order valence-corrected chi connectivity index (χ4v) is 3.05. The predicted octanol–water partition coefficient (Wildman–Crippen LogP) is 1.52. The molecule has 25 heavy (non-hydrogen) atoms. The fraction of sp³-hybridized carbons (Fsp3) is 0.412. The largest absolute Gasteiger partial charge is 0.481 e. The maximum Gasteiger partial charge on any atom is 0.317 e. The third-order valence-corrected chi connectivity index (χ3v) is 4.25. The minimum Gasteiger partial charge on any atom is -0.481 e. The molecule has 2 N–H and O–H groups in total. The van der Waals surface area contributed by atoms with Gasteiger partial charge < -0.3 is 15.3 Å². The molecule has 0 spiro atoms. The summed E-state index contributed by atoms with van der Waals surface area (Å²) in [6.45, 7) is 2.94. The lowest BCUT2D eigenvalue weighted by Crippen LogP contribution is -2.49. The van der Waals surface area contributed by atoms with Gasteiger partial charge >= 0.3 is 12.0 Å². The van der Waals surface area contributed by atoms with Crippen molar-refractivity contribution in [2.75, 3.05) is 13.1 Å². The third-order valence-electron chi connectivity index (χ3n) is 4.25. The van der Waals surface area contributed by atoms with Crippen molar-refractivity contribution in [3.63, 3.8) is 0 Å². The lowest BCUT2D eigenvalue weighted by molar-refractivity contribution is -0.143. The van der Waals surface area contributed by atoms with Crippen LogP contribution in [0.15, 0.2) is 36.7 Å². The number of urea groups is 1. The summed E-state index contributed by atoms with van der Waals surface area (Å²) in [6.07, 6.45) is 2.20. The molecule has 2 aromatic rings. The Labute approximate surface area is 145 Å². The van der Waals surface area contributed by atoms with Crippen molar-refractivity contribution in [3.8, 4) is 5.69 Å². The molecule has 0 radical (unpaired) electrons. The summed E-state index contributed by atoms with van der Waals surface area (Å²) in [5.74, 6) is -0.703. The van der Waals surface area contributed by atoms with Gasteiger partial charge in [0.15, 0.2) is 5.82 Å². The second-order valence-corrected chi connectivity index (χ2v) is 6.38. The van der Waals surface area contributed by atoms with E-state index in [1.807, 2.05) is 37.3 Å². The number of hydrogen-bond donors (Lipinski definition) is 2. The van der Waals surface area contributed by atoms with Crippen LogP contribution in [0.25, 0.3) is 5.69 Å². The molecule has 8 heteroatoms. The number of nitrogens with zero attached hydrogens (tertiary/aromatic N) is 4. The Hall–Kier alpha value is -2.90. The number of para-hydroxylation sites is 1. The molecule has 2 unspecified atom stereocenters. The smallest absolute Gasteiger partial charge is 0.317 e. The van der Waals surface area contributed by atoms with Crippen molar-refractivity contribution in [2.24, 2.45) is 11.8 Å². The number of carbonyl (C=O) groups is 2. The van der Waals surface area contributed by atoms with Gasteiger partial charge in [-0.3, -0.25) is 4.79 Å². The molecule has 0 bridgehead atoms. The number of aromatic nitrogens is 3. The van der Waals surface area contributed by atoms with Crippen molar-refractivity contribution in [3.05, 3.63) is 42.5 Å². The van der Waals surface area contributed by atoms with E-state index in [9.17, 15) is 14.7 Å². The van der Waals surface area contributed by atoms with Crippen LogP contribution in [0.1, 0.15) is 19.2 Å². The highest BCUT2D eigenvalue weighted by atomic mass is 16.4. The summed E-state index contributed by atoms with van der Waals surface area (Å²) >= 11 is 0. The molecule has 1 aromatic carbocycles. The van der Waals surface area contributed by atoms with Crippen LogP contribution in [0.4, 0.5) is 4.79 Å². The molecular formula is C17H21N5O3. The van der Waals surface area contributed by atoms with Gasteiger partial charge in [0.1, 0.15) is 6.33 Å². The lowest BCUT2D eigenvalue weighted by Gasteiger charge is -2.34. The van der Waals surface area contributed by atoms with E-state index in [0.29, 0.717) is 18.8 Å². The first kappa shape index (κ1) is 16.9. The zero-order valence-electron chi connectivity index (χ0n) is 14.0. The number of benzene rings is 1. The van der Waals surface area contributed by atoms with E-state index in [4.69, 9.17) is 0 Å². The predicted molar refractivity (Wildman–Crippen MR) is 90.1 cm³/mol. The van der Waals surface area contributed by atoms with Crippen molar-refractivity contribution >= 4 is 12.0 Å². The number of nitrogens with one attached hydrogen (secondary N) is 1. The molecular weight excluding hydrogens is 322 g/mol. The van der Waals surface area contributed by atoms with Crippen LogP contribution in [0.5, 0.6) is 0 Å². The van der Waals surface area contributed by atoms with E-state index in [-0.39, 0.29) is 25.0 Å². The van der Waals surface area contributed by atoms with Gasteiger partial charge in [-0.15, -0.1) is 5.10 Å². The van der Waals surface area contributed by atoms with Crippen LogP contribution in [-0.4, -0.2) is 49.9 Å². The van der Waals surface area contributed by atoms with E-state index in [1.165, 1.54) is 0 Å². The molecule has 1 fully saturated rings. The van der Waals surface area contributed by atoms with Crippen molar-refractivity contribution in [1.82, 2.24) is 25.0 Å². The summed E-state index contributed by atoms with van der Waals surface area (Å²) in [5.41, 5.74) is 0.890. The average Bonchev–Trinajstić information content (AvgIpc) is 3.09. The highest BCUT2D eigenvalue weighted by Crippen LogP contribution is 2.21.